The molecule has 3 aromatic carbocycles. The Kier molecular flexibility index (Phi) is 10.9. The number of carbonyl (C=O) groups excluding carboxylic acids is 2. The lowest BCUT2D eigenvalue weighted by Crippen LogP contribution is -2.22. The molecule has 4 aromatic rings. The summed E-state index contributed by atoms with van der Waals surface area (Å²) in [6.45, 7) is 7.95. The Hall–Kier alpha value is -3.46. The van der Waals surface area contributed by atoms with E-state index in [4.69, 9.17) is 0 Å². The SMILES string of the molecule is CC.CNc1cc(C(=O)NCc2cnc(-c3ccccc3CC(C)(C)O)s2)ccc1Sc1ccccc1C=O. The van der Waals surface area contributed by atoms with Crippen LogP contribution in [0.25, 0.3) is 10.6 Å². The van der Waals surface area contributed by atoms with Crippen molar-refractivity contribution in [2.24, 2.45) is 0 Å². The summed E-state index contributed by atoms with van der Waals surface area (Å²) < 4.78 is 0. The third-order valence-electron chi connectivity index (χ3n) is 5.62. The molecule has 0 spiro atoms. The molecule has 1 heterocycles. The van der Waals surface area contributed by atoms with E-state index in [-0.39, 0.29) is 5.91 Å². The molecular weight excluding hydrogens is 526 g/mol. The zero-order chi connectivity index (χ0) is 28.4. The summed E-state index contributed by atoms with van der Waals surface area (Å²) in [5, 5.41) is 17.3. The predicted octanol–water partition coefficient (Wildman–Crippen LogP) is 7.09. The number of rotatable bonds is 10. The molecule has 0 radical (unpaired) electrons. The van der Waals surface area contributed by atoms with Crippen LogP contribution in [0.5, 0.6) is 0 Å². The number of hydrogen-bond donors (Lipinski definition) is 3. The van der Waals surface area contributed by atoms with E-state index >= 15 is 0 Å². The summed E-state index contributed by atoms with van der Waals surface area (Å²) in [5.41, 5.74) is 3.19. The molecule has 1 amide bonds. The molecular formula is C31H35N3O3S2. The van der Waals surface area contributed by atoms with Crippen molar-refractivity contribution in [3.63, 3.8) is 0 Å². The van der Waals surface area contributed by atoms with Gasteiger partial charge in [-0.15, -0.1) is 11.3 Å². The minimum absolute atomic E-state index is 0.182. The normalized spacial score (nSPS) is 10.8. The van der Waals surface area contributed by atoms with Gasteiger partial charge in [0.15, 0.2) is 6.29 Å². The summed E-state index contributed by atoms with van der Waals surface area (Å²) in [7, 11) is 1.81. The van der Waals surface area contributed by atoms with Gasteiger partial charge in [-0.05, 0) is 43.7 Å². The Morgan fingerprint density at radius 1 is 1.05 bits per heavy atom. The fourth-order valence-corrected chi connectivity index (χ4v) is 5.81. The van der Waals surface area contributed by atoms with Crippen LogP contribution in [0.1, 0.15) is 58.9 Å². The van der Waals surface area contributed by atoms with Crippen molar-refractivity contribution >= 4 is 41.0 Å². The molecule has 0 aliphatic rings. The number of nitrogens with zero attached hydrogens (tertiary/aromatic N) is 1. The molecule has 0 saturated heterocycles. The van der Waals surface area contributed by atoms with E-state index in [2.05, 4.69) is 15.6 Å². The van der Waals surface area contributed by atoms with E-state index in [0.717, 1.165) is 42.8 Å². The van der Waals surface area contributed by atoms with Gasteiger partial charge in [0.25, 0.3) is 5.91 Å². The number of nitrogens with one attached hydrogen (secondary N) is 2. The lowest BCUT2D eigenvalue weighted by Gasteiger charge is -2.18. The Balaban J connectivity index is 0.00000205. The number of thiazole rings is 1. The molecule has 4 rings (SSSR count). The van der Waals surface area contributed by atoms with Crippen LogP contribution in [-0.2, 0) is 13.0 Å². The Labute approximate surface area is 238 Å². The first-order chi connectivity index (χ1) is 18.8. The minimum atomic E-state index is -0.817. The summed E-state index contributed by atoms with van der Waals surface area (Å²) in [4.78, 5) is 31.6. The highest BCUT2D eigenvalue weighted by Gasteiger charge is 2.18. The van der Waals surface area contributed by atoms with Crippen molar-refractivity contribution in [2.75, 3.05) is 12.4 Å². The maximum Gasteiger partial charge on any atom is 0.251 e. The molecule has 0 aliphatic heterocycles. The topological polar surface area (TPSA) is 91.3 Å². The van der Waals surface area contributed by atoms with Crippen LogP contribution in [0.15, 0.2) is 82.7 Å². The van der Waals surface area contributed by atoms with Gasteiger partial charge in [0.05, 0.1) is 12.1 Å². The number of anilines is 1. The van der Waals surface area contributed by atoms with Crippen LogP contribution in [0.4, 0.5) is 5.69 Å². The maximum absolute atomic E-state index is 12.9. The molecule has 0 fully saturated rings. The van der Waals surface area contributed by atoms with Crippen molar-refractivity contribution in [3.8, 4) is 10.6 Å². The van der Waals surface area contributed by atoms with E-state index in [1.54, 1.807) is 39.2 Å². The quantitative estimate of drug-likeness (QED) is 0.179. The van der Waals surface area contributed by atoms with Crippen LogP contribution in [0.3, 0.4) is 0 Å². The van der Waals surface area contributed by atoms with Gasteiger partial charge >= 0.3 is 0 Å². The first-order valence-electron chi connectivity index (χ1n) is 12.8. The highest BCUT2D eigenvalue weighted by Crippen LogP contribution is 2.35. The van der Waals surface area contributed by atoms with Gasteiger partial charge in [-0.3, -0.25) is 9.59 Å². The smallest absolute Gasteiger partial charge is 0.251 e. The first kappa shape index (κ1) is 30.1. The van der Waals surface area contributed by atoms with Gasteiger partial charge in [-0.1, -0.05) is 68.1 Å². The summed E-state index contributed by atoms with van der Waals surface area (Å²) >= 11 is 3.00. The number of carbonyl (C=O) groups is 2. The second kappa shape index (κ2) is 14.1. The zero-order valence-corrected chi connectivity index (χ0v) is 24.6. The molecule has 3 N–H and O–H groups in total. The van der Waals surface area contributed by atoms with E-state index in [1.807, 2.05) is 68.4 Å². The lowest BCUT2D eigenvalue weighted by atomic mass is 9.95. The van der Waals surface area contributed by atoms with Crippen molar-refractivity contribution in [2.45, 2.75) is 56.1 Å². The third kappa shape index (κ3) is 8.26. The van der Waals surface area contributed by atoms with E-state index in [0.29, 0.717) is 24.1 Å². The number of aliphatic hydroxyl groups is 1. The van der Waals surface area contributed by atoms with Crippen LogP contribution in [-0.4, -0.2) is 34.9 Å². The van der Waals surface area contributed by atoms with Gasteiger partial charge < -0.3 is 15.7 Å². The first-order valence-corrected chi connectivity index (χ1v) is 14.5. The van der Waals surface area contributed by atoms with Gasteiger partial charge in [-0.2, -0.15) is 0 Å². The van der Waals surface area contributed by atoms with Gasteiger partial charge in [0.1, 0.15) is 5.01 Å². The summed E-state index contributed by atoms with van der Waals surface area (Å²) in [6, 6.07) is 20.8. The van der Waals surface area contributed by atoms with Crippen molar-refractivity contribution in [1.82, 2.24) is 10.3 Å². The predicted molar refractivity (Wildman–Crippen MR) is 162 cm³/mol. The fourth-order valence-electron chi connectivity index (χ4n) is 3.88. The average Bonchev–Trinajstić information content (AvgIpc) is 3.41. The number of hydrogen-bond acceptors (Lipinski definition) is 7. The van der Waals surface area contributed by atoms with Crippen LogP contribution in [0.2, 0.25) is 0 Å². The monoisotopic (exact) mass is 561 g/mol. The Morgan fingerprint density at radius 3 is 2.49 bits per heavy atom. The van der Waals surface area contributed by atoms with Gasteiger partial charge in [0.2, 0.25) is 0 Å². The highest BCUT2D eigenvalue weighted by atomic mass is 32.2. The summed E-state index contributed by atoms with van der Waals surface area (Å²) in [5.74, 6) is -0.182. The number of aldehydes is 1. The highest BCUT2D eigenvalue weighted by molar-refractivity contribution is 7.99. The molecule has 204 valence electrons. The molecule has 0 atom stereocenters. The second-order valence-corrected chi connectivity index (χ2v) is 11.4. The molecule has 0 unspecified atom stereocenters. The van der Waals surface area contributed by atoms with Crippen molar-refractivity contribution < 1.29 is 14.7 Å². The second-order valence-electron chi connectivity index (χ2n) is 9.18. The number of benzene rings is 3. The Morgan fingerprint density at radius 2 is 1.77 bits per heavy atom. The molecule has 1 aromatic heterocycles. The summed E-state index contributed by atoms with van der Waals surface area (Å²) in [6.07, 6.45) is 3.15. The number of amides is 1. The molecule has 6 nitrogen and oxygen atoms in total. The largest absolute Gasteiger partial charge is 0.390 e. The average molecular weight is 562 g/mol. The van der Waals surface area contributed by atoms with Crippen LogP contribution in [0, 0.1) is 0 Å². The molecule has 8 heteroatoms. The molecule has 0 saturated carbocycles. The van der Waals surface area contributed by atoms with Crippen LogP contribution < -0.4 is 10.6 Å². The Bertz CT molecular complexity index is 1410. The molecule has 0 bridgehead atoms. The van der Waals surface area contributed by atoms with Gasteiger partial charge in [-0.25, -0.2) is 4.98 Å². The van der Waals surface area contributed by atoms with E-state index < -0.39 is 5.60 Å². The fraction of sp³-hybridized carbons (Fsp3) is 0.258. The standard InChI is InChI=1S/C29H29N3O3S2.C2H6/c1-29(2,35)15-20-8-4-6-10-23(20)28-32-17-22(36-28)16-31-27(34)19-12-13-26(24(14-19)30-3)37-25-11-7-5-9-21(25)18-33;1-2/h4-14,17-18,30,35H,15-16H2,1-3H3,(H,31,34);1-2H3. The maximum atomic E-state index is 12.9. The van der Waals surface area contributed by atoms with E-state index in [9.17, 15) is 14.7 Å². The zero-order valence-electron chi connectivity index (χ0n) is 22.9. The van der Waals surface area contributed by atoms with E-state index in [1.165, 1.54) is 23.1 Å². The lowest BCUT2D eigenvalue weighted by molar-refractivity contribution is 0.0811. The van der Waals surface area contributed by atoms with Crippen molar-refractivity contribution in [3.05, 3.63) is 94.5 Å². The van der Waals surface area contributed by atoms with Crippen molar-refractivity contribution in [1.29, 1.82) is 0 Å². The van der Waals surface area contributed by atoms with Crippen LogP contribution >= 0.6 is 23.1 Å². The molecule has 39 heavy (non-hydrogen) atoms. The minimum Gasteiger partial charge on any atom is -0.390 e. The van der Waals surface area contributed by atoms with Gasteiger partial charge in [0, 0.05) is 56.7 Å². The number of aromatic nitrogens is 1. The molecule has 0 aliphatic carbocycles. The third-order valence-corrected chi connectivity index (χ3v) is 7.82.